The zero-order chi connectivity index (χ0) is 10.4. The Bertz CT molecular complexity index is 276. The van der Waals surface area contributed by atoms with E-state index in [1.807, 2.05) is 38.1 Å². The predicted molar refractivity (Wildman–Crippen MR) is 56.1 cm³/mol. The smallest absolute Gasteiger partial charge is 0.150 e. The zero-order valence-electron chi connectivity index (χ0n) is 8.73. The molecule has 78 valence electrons. The monoisotopic (exact) mass is 195 g/mol. The molecule has 14 heavy (non-hydrogen) atoms. The van der Waals surface area contributed by atoms with Gasteiger partial charge in [-0.3, -0.25) is 0 Å². The average molecular weight is 195 g/mol. The van der Waals surface area contributed by atoms with Gasteiger partial charge in [0, 0.05) is 6.54 Å². The number of para-hydroxylation sites is 1. The Morgan fingerprint density at radius 2 is 2.07 bits per heavy atom. The molecule has 0 atom stereocenters. The molecular formula is C11H17NO2. The van der Waals surface area contributed by atoms with Gasteiger partial charge < -0.3 is 9.94 Å². The summed E-state index contributed by atoms with van der Waals surface area (Å²) in [6, 6.07) is 7.84. The van der Waals surface area contributed by atoms with Crippen molar-refractivity contribution >= 4 is 0 Å². The molecule has 0 aliphatic rings. The van der Waals surface area contributed by atoms with Gasteiger partial charge in [-0.05, 0) is 25.5 Å². The lowest BCUT2D eigenvalue weighted by Gasteiger charge is -2.20. The summed E-state index contributed by atoms with van der Waals surface area (Å²) in [6.07, 6.45) is 0. The van der Waals surface area contributed by atoms with Crippen LogP contribution in [0, 0.1) is 6.92 Å². The quantitative estimate of drug-likeness (QED) is 0.724. The van der Waals surface area contributed by atoms with Crippen LogP contribution in [-0.2, 0) is 0 Å². The summed E-state index contributed by atoms with van der Waals surface area (Å²) in [4.78, 5) is 5.61. The van der Waals surface area contributed by atoms with Crippen LogP contribution in [0.4, 0.5) is 0 Å². The summed E-state index contributed by atoms with van der Waals surface area (Å²) in [5.41, 5.74) is 1.10. The van der Waals surface area contributed by atoms with Crippen molar-refractivity contribution in [3.63, 3.8) is 0 Å². The maximum Gasteiger partial charge on any atom is 0.150 e. The molecule has 0 radical (unpaired) electrons. The molecule has 0 bridgehead atoms. The Kier molecular flexibility index (Phi) is 4.43. The molecule has 1 N–H and O–H groups in total. The molecule has 0 spiro atoms. The summed E-state index contributed by atoms with van der Waals surface area (Å²) in [7, 11) is 0. The third kappa shape index (κ3) is 3.01. The first-order chi connectivity index (χ1) is 6.77. The van der Waals surface area contributed by atoms with Crippen LogP contribution >= 0.6 is 0 Å². The van der Waals surface area contributed by atoms with Crippen molar-refractivity contribution < 1.29 is 9.94 Å². The Morgan fingerprint density at radius 1 is 1.36 bits per heavy atom. The minimum Gasteiger partial charge on any atom is -0.406 e. The molecule has 1 aromatic rings. The molecule has 1 aromatic carbocycles. The molecule has 0 saturated carbocycles. The van der Waals surface area contributed by atoms with Crippen molar-refractivity contribution in [2.75, 3.05) is 19.7 Å². The molecule has 0 aromatic heterocycles. The normalized spacial score (nSPS) is 10.6. The van der Waals surface area contributed by atoms with Gasteiger partial charge in [-0.1, -0.05) is 18.2 Å². The Hall–Kier alpha value is -1.06. The highest BCUT2D eigenvalue weighted by atomic mass is 16.7. The number of rotatable bonds is 5. The molecule has 0 fully saturated rings. The SMILES string of the molecule is CCN(CCO)Oc1ccccc1C. The number of hydrogen-bond acceptors (Lipinski definition) is 3. The van der Waals surface area contributed by atoms with Crippen molar-refractivity contribution in [1.82, 2.24) is 5.06 Å². The van der Waals surface area contributed by atoms with Gasteiger partial charge in [0.25, 0.3) is 0 Å². The van der Waals surface area contributed by atoms with Crippen LogP contribution in [0.2, 0.25) is 0 Å². The highest BCUT2D eigenvalue weighted by Gasteiger charge is 2.04. The fourth-order valence-corrected chi connectivity index (χ4v) is 1.18. The summed E-state index contributed by atoms with van der Waals surface area (Å²) in [6.45, 7) is 5.40. The van der Waals surface area contributed by atoms with E-state index in [4.69, 9.17) is 9.94 Å². The molecular weight excluding hydrogens is 178 g/mol. The fraction of sp³-hybridized carbons (Fsp3) is 0.455. The van der Waals surface area contributed by atoms with Gasteiger partial charge in [-0.25, -0.2) is 0 Å². The second kappa shape index (κ2) is 5.62. The minimum absolute atomic E-state index is 0.111. The van der Waals surface area contributed by atoms with Gasteiger partial charge in [0.05, 0.1) is 13.2 Å². The Labute approximate surface area is 84.9 Å². The summed E-state index contributed by atoms with van der Waals surface area (Å²) in [5.74, 6) is 0.850. The number of aliphatic hydroxyl groups excluding tert-OH is 1. The summed E-state index contributed by atoms with van der Waals surface area (Å²) in [5, 5.41) is 10.5. The van der Waals surface area contributed by atoms with Gasteiger partial charge in [-0.2, -0.15) is 0 Å². The van der Waals surface area contributed by atoms with E-state index in [1.165, 1.54) is 0 Å². The molecule has 0 heterocycles. The van der Waals surface area contributed by atoms with E-state index in [1.54, 1.807) is 5.06 Å². The van der Waals surface area contributed by atoms with Gasteiger partial charge in [-0.15, -0.1) is 5.06 Å². The second-order valence-corrected chi connectivity index (χ2v) is 3.10. The predicted octanol–water partition coefficient (Wildman–Crippen LogP) is 1.60. The van der Waals surface area contributed by atoms with Crippen molar-refractivity contribution in [2.45, 2.75) is 13.8 Å². The first-order valence-corrected chi connectivity index (χ1v) is 4.87. The van der Waals surface area contributed by atoms with Crippen molar-refractivity contribution in [2.24, 2.45) is 0 Å². The van der Waals surface area contributed by atoms with Crippen LogP contribution in [0.1, 0.15) is 12.5 Å². The average Bonchev–Trinajstić information content (AvgIpc) is 2.20. The molecule has 0 aliphatic heterocycles. The lowest BCUT2D eigenvalue weighted by molar-refractivity contribution is -0.0635. The number of aryl methyl sites for hydroxylation is 1. The van der Waals surface area contributed by atoms with Crippen molar-refractivity contribution in [3.8, 4) is 5.75 Å². The molecule has 1 rings (SSSR count). The number of hydrogen-bond donors (Lipinski definition) is 1. The largest absolute Gasteiger partial charge is 0.406 e. The third-order valence-electron chi connectivity index (χ3n) is 2.02. The summed E-state index contributed by atoms with van der Waals surface area (Å²) < 4.78 is 0. The second-order valence-electron chi connectivity index (χ2n) is 3.10. The third-order valence-corrected chi connectivity index (χ3v) is 2.02. The van der Waals surface area contributed by atoms with Gasteiger partial charge in [0.2, 0.25) is 0 Å². The van der Waals surface area contributed by atoms with Crippen molar-refractivity contribution in [1.29, 1.82) is 0 Å². The maximum atomic E-state index is 8.79. The molecule has 0 aliphatic carbocycles. The fourth-order valence-electron chi connectivity index (χ4n) is 1.18. The van der Waals surface area contributed by atoms with E-state index >= 15 is 0 Å². The topological polar surface area (TPSA) is 32.7 Å². The molecule has 0 amide bonds. The van der Waals surface area contributed by atoms with Gasteiger partial charge >= 0.3 is 0 Å². The lowest BCUT2D eigenvalue weighted by atomic mass is 10.2. The molecule has 3 nitrogen and oxygen atoms in total. The maximum absolute atomic E-state index is 8.79. The number of aliphatic hydroxyl groups is 1. The highest BCUT2D eigenvalue weighted by Crippen LogP contribution is 2.17. The van der Waals surface area contributed by atoms with E-state index in [0.717, 1.165) is 17.9 Å². The number of hydroxylamine groups is 2. The first-order valence-electron chi connectivity index (χ1n) is 4.87. The summed E-state index contributed by atoms with van der Waals surface area (Å²) >= 11 is 0. The Morgan fingerprint density at radius 3 is 2.64 bits per heavy atom. The van der Waals surface area contributed by atoms with Crippen LogP contribution < -0.4 is 4.84 Å². The van der Waals surface area contributed by atoms with E-state index in [-0.39, 0.29) is 6.61 Å². The van der Waals surface area contributed by atoms with E-state index < -0.39 is 0 Å². The van der Waals surface area contributed by atoms with Crippen LogP contribution in [0.15, 0.2) is 24.3 Å². The van der Waals surface area contributed by atoms with Crippen molar-refractivity contribution in [3.05, 3.63) is 29.8 Å². The van der Waals surface area contributed by atoms with Gasteiger partial charge in [0.15, 0.2) is 0 Å². The Balaban J connectivity index is 2.62. The van der Waals surface area contributed by atoms with Crippen LogP contribution in [-0.4, -0.2) is 29.9 Å². The number of likely N-dealkylation sites (N-methyl/N-ethyl adjacent to an activating group) is 1. The van der Waals surface area contributed by atoms with Crippen LogP contribution in [0.5, 0.6) is 5.75 Å². The minimum atomic E-state index is 0.111. The lowest BCUT2D eigenvalue weighted by Crippen LogP contribution is -2.30. The van der Waals surface area contributed by atoms with Crippen LogP contribution in [0.25, 0.3) is 0 Å². The molecule has 3 heteroatoms. The van der Waals surface area contributed by atoms with E-state index in [2.05, 4.69) is 0 Å². The first kappa shape index (κ1) is 11.0. The number of nitrogens with zero attached hydrogens (tertiary/aromatic N) is 1. The zero-order valence-corrected chi connectivity index (χ0v) is 8.73. The highest BCUT2D eigenvalue weighted by molar-refractivity contribution is 5.31. The molecule has 0 unspecified atom stereocenters. The van der Waals surface area contributed by atoms with Gasteiger partial charge in [0.1, 0.15) is 5.75 Å². The van der Waals surface area contributed by atoms with Crippen LogP contribution in [0.3, 0.4) is 0 Å². The standard InChI is InChI=1S/C11H17NO2/c1-3-12(8-9-13)14-11-7-5-4-6-10(11)2/h4-7,13H,3,8-9H2,1-2H3. The van der Waals surface area contributed by atoms with E-state index in [0.29, 0.717) is 6.54 Å². The number of benzene rings is 1. The molecule has 0 saturated heterocycles. The van der Waals surface area contributed by atoms with E-state index in [9.17, 15) is 0 Å².